The van der Waals surface area contributed by atoms with E-state index in [4.69, 9.17) is 34.8 Å². The van der Waals surface area contributed by atoms with Crippen molar-refractivity contribution in [3.63, 3.8) is 0 Å². The summed E-state index contributed by atoms with van der Waals surface area (Å²) in [6, 6.07) is 21.2. The molecule has 0 aliphatic rings. The van der Waals surface area contributed by atoms with Gasteiger partial charge in [0, 0.05) is 33.6 Å². The van der Waals surface area contributed by atoms with E-state index in [-0.39, 0.29) is 24.8 Å². The summed E-state index contributed by atoms with van der Waals surface area (Å²) in [5.74, 6) is -0.417. The van der Waals surface area contributed by atoms with Gasteiger partial charge in [-0.05, 0) is 61.7 Å². The van der Waals surface area contributed by atoms with E-state index in [1.807, 2.05) is 63.2 Å². The van der Waals surface area contributed by atoms with Gasteiger partial charge in [-0.25, -0.2) is 0 Å². The lowest BCUT2D eigenvalue weighted by molar-refractivity contribution is -0.141. The van der Waals surface area contributed by atoms with Crippen molar-refractivity contribution in [3.8, 4) is 0 Å². The molecule has 4 nitrogen and oxygen atoms in total. The average Bonchev–Trinajstić information content (AvgIpc) is 2.78. The highest BCUT2D eigenvalue weighted by molar-refractivity contribution is 6.35. The van der Waals surface area contributed by atoms with Gasteiger partial charge in [0.15, 0.2) is 0 Å². The molecule has 1 N–H and O–H groups in total. The molecule has 0 aliphatic heterocycles. The average molecular weight is 532 g/mol. The Morgan fingerprint density at radius 1 is 0.857 bits per heavy atom. The van der Waals surface area contributed by atoms with E-state index in [0.717, 1.165) is 11.1 Å². The smallest absolute Gasteiger partial charge is 0.243 e. The molecule has 7 heteroatoms. The lowest BCUT2D eigenvalue weighted by atomic mass is 10.00. The number of carbonyl (C=O) groups excluding carboxylic acids is 2. The molecule has 0 spiro atoms. The number of carbonyl (C=O) groups is 2. The zero-order valence-corrected chi connectivity index (χ0v) is 22.3. The molecule has 2 amide bonds. The number of hydrogen-bond donors (Lipinski definition) is 1. The minimum atomic E-state index is -0.747. The van der Waals surface area contributed by atoms with Crippen molar-refractivity contribution >= 4 is 46.6 Å². The van der Waals surface area contributed by atoms with Crippen LogP contribution in [0.15, 0.2) is 72.8 Å². The fourth-order valence-electron chi connectivity index (χ4n) is 3.72. The first-order valence-corrected chi connectivity index (χ1v) is 12.5. The van der Waals surface area contributed by atoms with E-state index < -0.39 is 11.6 Å². The number of rotatable bonds is 8. The van der Waals surface area contributed by atoms with Crippen molar-refractivity contribution in [2.45, 2.75) is 51.7 Å². The predicted molar refractivity (Wildman–Crippen MR) is 144 cm³/mol. The second-order valence-corrected chi connectivity index (χ2v) is 10.8. The summed E-state index contributed by atoms with van der Waals surface area (Å²) in [5.41, 5.74) is 2.01. The molecule has 0 aromatic heterocycles. The summed E-state index contributed by atoms with van der Waals surface area (Å²) >= 11 is 18.6. The van der Waals surface area contributed by atoms with Gasteiger partial charge in [0.1, 0.15) is 6.04 Å². The molecule has 0 aliphatic carbocycles. The number of nitrogens with zero attached hydrogens (tertiary/aromatic N) is 1. The number of benzene rings is 3. The monoisotopic (exact) mass is 530 g/mol. The topological polar surface area (TPSA) is 49.4 Å². The quantitative estimate of drug-likeness (QED) is 0.350. The highest BCUT2D eigenvalue weighted by Gasteiger charge is 2.32. The van der Waals surface area contributed by atoms with Gasteiger partial charge in [-0.15, -0.1) is 0 Å². The maximum atomic E-state index is 13.7. The fourth-order valence-corrected chi connectivity index (χ4v) is 4.31. The van der Waals surface area contributed by atoms with Gasteiger partial charge in [0.2, 0.25) is 11.8 Å². The van der Waals surface area contributed by atoms with Gasteiger partial charge in [-0.2, -0.15) is 0 Å². The molecular formula is C28H29Cl3N2O2. The van der Waals surface area contributed by atoms with E-state index in [1.165, 1.54) is 0 Å². The van der Waals surface area contributed by atoms with Crippen molar-refractivity contribution in [1.29, 1.82) is 0 Å². The largest absolute Gasteiger partial charge is 0.350 e. The Kier molecular flexibility index (Phi) is 9.23. The number of amides is 2. The summed E-state index contributed by atoms with van der Waals surface area (Å²) in [6.07, 6.45) is 0.483. The van der Waals surface area contributed by atoms with Crippen LogP contribution in [-0.4, -0.2) is 28.3 Å². The summed E-state index contributed by atoms with van der Waals surface area (Å²) in [4.78, 5) is 28.9. The Morgan fingerprint density at radius 2 is 1.49 bits per heavy atom. The molecule has 35 heavy (non-hydrogen) atoms. The van der Waals surface area contributed by atoms with E-state index in [0.29, 0.717) is 27.1 Å². The Morgan fingerprint density at radius 3 is 2.09 bits per heavy atom. The zero-order chi connectivity index (χ0) is 25.6. The first-order chi connectivity index (χ1) is 16.5. The number of hydrogen-bond acceptors (Lipinski definition) is 2. The molecule has 3 rings (SSSR count). The minimum absolute atomic E-state index is 0.121. The van der Waals surface area contributed by atoms with Crippen LogP contribution in [0.4, 0.5) is 0 Å². The molecule has 0 saturated carbocycles. The van der Waals surface area contributed by atoms with E-state index in [9.17, 15) is 9.59 Å². The third kappa shape index (κ3) is 8.28. The number of halogens is 3. The van der Waals surface area contributed by atoms with Gasteiger partial charge in [0.05, 0.1) is 6.42 Å². The van der Waals surface area contributed by atoms with Gasteiger partial charge in [-0.1, -0.05) is 83.3 Å². The molecule has 0 fully saturated rings. The van der Waals surface area contributed by atoms with Crippen LogP contribution in [0.5, 0.6) is 0 Å². The molecule has 3 aromatic carbocycles. The SMILES string of the molecule is CC(C)(C)NC(=O)C(Cc1ccccc1)N(Cc1ccc(Cl)cc1Cl)C(=O)Cc1ccc(Cl)cc1. The van der Waals surface area contributed by atoms with Gasteiger partial charge in [0.25, 0.3) is 0 Å². The Bertz CT molecular complexity index is 1160. The van der Waals surface area contributed by atoms with Crippen molar-refractivity contribution in [3.05, 3.63) is 105 Å². The van der Waals surface area contributed by atoms with Crippen molar-refractivity contribution in [2.24, 2.45) is 0 Å². The summed E-state index contributed by atoms with van der Waals surface area (Å²) < 4.78 is 0. The van der Waals surface area contributed by atoms with Crippen LogP contribution in [0.1, 0.15) is 37.5 Å². The van der Waals surface area contributed by atoms with Gasteiger partial charge in [-0.3, -0.25) is 9.59 Å². The highest BCUT2D eigenvalue weighted by atomic mass is 35.5. The third-order valence-corrected chi connectivity index (χ3v) is 6.23. The maximum absolute atomic E-state index is 13.7. The normalized spacial score (nSPS) is 12.2. The van der Waals surface area contributed by atoms with E-state index in [2.05, 4.69) is 5.32 Å². The first-order valence-electron chi connectivity index (χ1n) is 11.4. The lowest BCUT2D eigenvalue weighted by Gasteiger charge is -2.34. The van der Waals surface area contributed by atoms with Crippen LogP contribution in [0.3, 0.4) is 0 Å². The van der Waals surface area contributed by atoms with E-state index in [1.54, 1.807) is 35.2 Å². The Balaban J connectivity index is 2.01. The molecule has 3 aromatic rings. The summed E-state index contributed by atoms with van der Waals surface area (Å²) in [6.45, 7) is 5.92. The molecular weight excluding hydrogens is 503 g/mol. The van der Waals surface area contributed by atoms with Crippen LogP contribution >= 0.6 is 34.8 Å². The standard InChI is InChI=1S/C28H29Cl3N2O2/c1-28(2,3)32-27(35)25(15-19-7-5-4-6-8-19)33(18-21-11-14-23(30)17-24(21)31)26(34)16-20-9-12-22(29)13-10-20/h4-14,17,25H,15-16,18H2,1-3H3,(H,32,35). The van der Waals surface area contributed by atoms with Gasteiger partial charge < -0.3 is 10.2 Å². The molecule has 1 unspecified atom stereocenters. The van der Waals surface area contributed by atoms with Gasteiger partial charge >= 0.3 is 0 Å². The van der Waals surface area contributed by atoms with Crippen LogP contribution in [0.2, 0.25) is 15.1 Å². The van der Waals surface area contributed by atoms with Crippen LogP contribution in [0, 0.1) is 0 Å². The third-order valence-electron chi connectivity index (χ3n) is 5.39. The molecule has 0 saturated heterocycles. The lowest BCUT2D eigenvalue weighted by Crippen LogP contribution is -2.54. The molecule has 0 radical (unpaired) electrons. The molecule has 1 atom stereocenters. The maximum Gasteiger partial charge on any atom is 0.243 e. The van der Waals surface area contributed by atoms with Crippen molar-refractivity contribution in [2.75, 3.05) is 0 Å². The minimum Gasteiger partial charge on any atom is -0.350 e. The van der Waals surface area contributed by atoms with Crippen molar-refractivity contribution in [1.82, 2.24) is 10.2 Å². The Hall–Kier alpha value is -2.53. The number of nitrogens with one attached hydrogen (secondary N) is 1. The second kappa shape index (κ2) is 11.9. The van der Waals surface area contributed by atoms with E-state index >= 15 is 0 Å². The highest BCUT2D eigenvalue weighted by Crippen LogP contribution is 2.25. The van der Waals surface area contributed by atoms with Crippen LogP contribution < -0.4 is 5.32 Å². The molecule has 0 heterocycles. The molecule has 184 valence electrons. The molecule has 0 bridgehead atoms. The fraction of sp³-hybridized carbons (Fsp3) is 0.286. The Labute approximate surface area is 222 Å². The first kappa shape index (κ1) is 27.1. The second-order valence-electron chi connectivity index (χ2n) is 9.51. The summed E-state index contributed by atoms with van der Waals surface area (Å²) in [7, 11) is 0. The van der Waals surface area contributed by atoms with Crippen molar-refractivity contribution < 1.29 is 9.59 Å². The predicted octanol–water partition coefficient (Wildman–Crippen LogP) is 6.74. The zero-order valence-electron chi connectivity index (χ0n) is 20.0. The summed E-state index contributed by atoms with van der Waals surface area (Å²) in [5, 5.41) is 4.59. The van der Waals surface area contributed by atoms with Crippen LogP contribution in [-0.2, 0) is 29.0 Å². The van der Waals surface area contributed by atoms with Crippen LogP contribution in [0.25, 0.3) is 0 Å².